The standard InChI is InChI=1S/C12H15F3N2O2S/c13-12(14,15)20(19)17-7-9-3-1-2-4-11(9)16-10(8-17)5-6-18/h1-4,10,16,18H,5-8H2. The van der Waals surface area contributed by atoms with Crippen LogP contribution < -0.4 is 5.32 Å². The van der Waals surface area contributed by atoms with Crippen molar-refractivity contribution < 1.29 is 22.5 Å². The summed E-state index contributed by atoms with van der Waals surface area (Å²) in [6.45, 7) is -0.231. The van der Waals surface area contributed by atoms with Gasteiger partial charge in [0, 0.05) is 31.4 Å². The second-order valence-corrected chi connectivity index (χ2v) is 6.01. The summed E-state index contributed by atoms with van der Waals surface area (Å²) in [5.41, 5.74) is -3.40. The van der Waals surface area contributed by atoms with Crippen LogP contribution in [0, 0.1) is 0 Å². The number of halogens is 3. The van der Waals surface area contributed by atoms with Crippen LogP contribution in [-0.2, 0) is 17.5 Å². The summed E-state index contributed by atoms with van der Waals surface area (Å²) in [6, 6.07) is 6.58. The minimum atomic E-state index is -4.77. The van der Waals surface area contributed by atoms with E-state index in [9.17, 15) is 17.4 Å². The lowest BCUT2D eigenvalue weighted by atomic mass is 10.1. The average Bonchev–Trinajstić information content (AvgIpc) is 2.56. The zero-order valence-electron chi connectivity index (χ0n) is 10.6. The Morgan fingerprint density at radius 3 is 2.75 bits per heavy atom. The third-order valence-corrected chi connectivity index (χ3v) is 4.20. The highest BCUT2D eigenvalue weighted by atomic mass is 32.2. The zero-order valence-corrected chi connectivity index (χ0v) is 11.4. The van der Waals surface area contributed by atoms with E-state index in [0.29, 0.717) is 17.7 Å². The monoisotopic (exact) mass is 308 g/mol. The van der Waals surface area contributed by atoms with E-state index in [-0.39, 0.29) is 25.7 Å². The summed E-state index contributed by atoms with van der Waals surface area (Å²) in [4.78, 5) is 0. The molecule has 1 aromatic rings. The predicted octanol–water partition coefficient (Wildman–Crippen LogP) is 1.85. The van der Waals surface area contributed by atoms with Gasteiger partial charge < -0.3 is 10.4 Å². The molecule has 2 atom stereocenters. The van der Waals surface area contributed by atoms with Crippen molar-refractivity contribution in [3.63, 3.8) is 0 Å². The Balaban J connectivity index is 2.28. The van der Waals surface area contributed by atoms with Crippen LogP contribution in [0.15, 0.2) is 24.3 Å². The second kappa shape index (κ2) is 6.11. The molecule has 0 aliphatic carbocycles. The lowest BCUT2D eigenvalue weighted by Gasteiger charge is -2.23. The topological polar surface area (TPSA) is 52.6 Å². The highest BCUT2D eigenvalue weighted by molar-refractivity contribution is 7.83. The van der Waals surface area contributed by atoms with E-state index in [4.69, 9.17) is 5.11 Å². The number of hydrogen-bond acceptors (Lipinski definition) is 3. The smallest absolute Gasteiger partial charge is 0.396 e. The maximum atomic E-state index is 12.6. The Kier molecular flexibility index (Phi) is 4.66. The fourth-order valence-electron chi connectivity index (χ4n) is 2.16. The number of aliphatic hydroxyl groups is 1. The van der Waals surface area contributed by atoms with Crippen LogP contribution in [0.3, 0.4) is 0 Å². The highest BCUT2D eigenvalue weighted by Gasteiger charge is 2.42. The van der Waals surface area contributed by atoms with Crippen LogP contribution in [0.25, 0.3) is 0 Å². The maximum absolute atomic E-state index is 12.6. The number of benzene rings is 1. The van der Waals surface area contributed by atoms with Gasteiger partial charge >= 0.3 is 5.51 Å². The van der Waals surface area contributed by atoms with Crippen molar-refractivity contribution in [3.05, 3.63) is 29.8 Å². The van der Waals surface area contributed by atoms with Gasteiger partial charge in [-0.15, -0.1) is 0 Å². The van der Waals surface area contributed by atoms with Gasteiger partial charge in [0.1, 0.15) is 0 Å². The molecule has 0 saturated carbocycles. The molecule has 0 spiro atoms. The minimum absolute atomic E-state index is 0.0403. The molecule has 1 aliphatic rings. The van der Waals surface area contributed by atoms with Crippen molar-refractivity contribution in [1.29, 1.82) is 0 Å². The van der Waals surface area contributed by atoms with Gasteiger partial charge in [0.25, 0.3) is 0 Å². The van der Waals surface area contributed by atoms with Crippen LogP contribution in [0.4, 0.5) is 18.9 Å². The number of anilines is 1. The first-order valence-electron chi connectivity index (χ1n) is 6.11. The quantitative estimate of drug-likeness (QED) is 0.896. The molecule has 1 heterocycles. The Labute approximate surface area is 117 Å². The molecule has 0 fully saturated rings. The maximum Gasteiger partial charge on any atom is 0.485 e. The first-order chi connectivity index (χ1) is 9.41. The van der Waals surface area contributed by atoms with E-state index < -0.39 is 16.5 Å². The summed E-state index contributed by atoms with van der Waals surface area (Å²) in [7, 11) is -3.05. The third-order valence-electron chi connectivity index (χ3n) is 3.06. The Bertz CT molecular complexity index is 496. The Hall–Kier alpha value is -1.12. The lowest BCUT2D eigenvalue weighted by Crippen LogP contribution is -2.40. The van der Waals surface area contributed by atoms with Crippen molar-refractivity contribution in [2.24, 2.45) is 0 Å². The van der Waals surface area contributed by atoms with Crippen molar-refractivity contribution in [3.8, 4) is 0 Å². The molecule has 0 bridgehead atoms. The van der Waals surface area contributed by atoms with E-state index in [0.717, 1.165) is 4.31 Å². The number of nitrogens with zero attached hydrogens (tertiary/aromatic N) is 1. The van der Waals surface area contributed by atoms with Crippen LogP contribution in [-0.4, -0.2) is 38.3 Å². The number of hydrogen-bond donors (Lipinski definition) is 2. The average molecular weight is 308 g/mol. The number of fused-ring (bicyclic) bond motifs is 1. The number of alkyl halides is 3. The first-order valence-corrected chi connectivity index (χ1v) is 7.21. The molecule has 0 aromatic heterocycles. The summed E-state index contributed by atoms with van der Waals surface area (Å²) in [5.74, 6) is 0. The molecule has 1 aromatic carbocycles. The molecule has 1 aliphatic heterocycles. The fraction of sp³-hybridized carbons (Fsp3) is 0.500. The Morgan fingerprint density at radius 1 is 1.40 bits per heavy atom. The van der Waals surface area contributed by atoms with Crippen molar-refractivity contribution in [2.75, 3.05) is 18.5 Å². The van der Waals surface area contributed by atoms with Gasteiger partial charge in [0.2, 0.25) is 11.0 Å². The molecule has 2 unspecified atom stereocenters. The van der Waals surface area contributed by atoms with Crippen LogP contribution in [0.1, 0.15) is 12.0 Å². The van der Waals surface area contributed by atoms with Crippen molar-refractivity contribution >= 4 is 16.7 Å². The predicted molar refractivity (Wildman–Crippen MR) is 70.2 cm³/mol. The van der Waals surface area contributed by atoms with Gasteiger partial charge in [-0.1, -0.05) is 18.2 Å². The van der Waals surface area contributed by atoms with Gasteiger partial charge in [-0.05, 0) is 18.1 Å². The number of aliphatic hydroxyl groups excluding tert-OH is 1. The van der Waals surface area contributed by atoms with Crippen molar-refractivity contribution in [2.45, 2.75) is 24.5 Å². The van der Waals surface area contributed by atoms with Gasteiger partial charge in [0.05, 0.1) is 0 Å². The summed E-state index contributed by atoms with van der Waals surface area (Å²) < 4.78 is 50.4. The van der Waals surface area contributed by atoms with Crippen LogP contribution in [0.5, 0.6) is 0 Å². The van der Waals surface area contributed by atoms with Gasteiger partial charge in [0.15, 0.2) is 0 Å². The fourth-order valence-corrected chi connectivity index (χ4v) is 3.02. The molecule has 2 rings (SSSR count). The third kappa shape index (κ3) is 3.50. The molecular weight excluding hydrogens is 293 g/mol. The van der Waals surface area contributed by atoms with E-state index in [1.54, 1.807) is 24.3 Å². The zero-order chi connectivity index (χ0) is 14.8. The number of nitrogens with one attached hydrogen (secondary N) is 1. The van der Waals surface area contributed by atoms with E-state index in [1.807, 2.05) is 0 Å². The van der Waals surface area contributed by atoms with Crippen molar-refractivity contribution in [1.82, 2.24) is 4.31 Å². The molecule has 112 valence electrons. The largest absolute Gasteiger partial charge is 0.485 e. The van der Waals surface area contributed by atoms with E-state index in [1.165, 1.54) is 0 Å². The molecule has 0 radical (unpaired) electrons. The molecular formula is C12H15F3N2O2S. The van der Waals surface area contributed by atoms with E-state index >= 15 is 0 Å². The molecule has 0 amide bonds. The van der Waals surface area contributed by atoms with Crippen LogP contribution in [0.2, 0.25) is 0 Å². The normalized spacial score (nSPS) is 21.7. The second-order valence-electron chi connectivity index (χ2n) is 4.53. The van der Waals surface area contributed by atoms with Gasteiger partial charge in [-0.25, -0.2) is 8.51 Å². The van der Waals surface area contributed by atoms with Crippen LogP contribution >= 0.6 is 0 Å². The summed E-state index contributed by atoms with van der Waals surface area (Å²) >= 11 is 0. The highest BCUT2D eigenvalue weighted by Crippen LogP contribution is 2.29. The molecule has 2 N–H and O–H groups in total. The molecule has 20 heavy (non-hydrogen) atoms. The summed E-state index contributed by atoms with van der Waals surface area (Å²) in [6.07, 6.45) is 0.292. The number of para-hydroxylation sites is 1. The molecule has 0 saturated heterocycles. The Morgan fingerprint density at radius 2 is 2.10 bits per heavy atom. The van der Waals surface area contributed by atoms with Gasteiger partial charge in [-0.2, -0.15) is 13.2 Å². The SMILES string of the molecule is O=S(N1Cc2ccccc2NC(CCO)C1)C(F)(F)F. The first kappa shape index (κ1) is 15.3. The molecule has 4 nitrogen and oxygen atoms in total. The number of rotatable bonds is 3. The van der Waals surface area contributed by atoms with Gasteiger partial charge in [-0.3, -0.25) is 0 Å². The lowest BCUT2D eigenvalue weighted by molar-refractivity contribution is -0.0431. The van der Waals surface area contributed by atoms with E-state index in [2.05, 4.69) is 5.32 Å². The summed E-state index contributed by atoms with van der Waals surface area (Å²) in [5, 5.41) is 12.1. The molecule has 8 heteroatoms. The minimum Gasteiger partial charge on any atom is -0.396 e.